The topological polar surface area (TPSA) is 169 Å². The third-order valence-electron chi connectivity index (χ3n) is 4.53. The van der Waals surface area contributed by atoms with E-state index < -0.39 is 36.0 Å². The van der Waals surface area contributed by atoms with Crippen LogP contribution in [-0.2, 0) is 19.2 Å². The van der Waals surface area contributed by atoms with Crippen molar-refractivity contribution in [1.29, 1.82) is 0 Å². The maximum Gasteiger partial charge on any atom is 0.328 e. The van der Waals surface area contributed by atoms with Crippen LogP contribution in [0.2, 0.25) is 0 Å². The average Bonchev–Trinajstić information content (AvgIpc) is 2.66. The van der Waals surface area contributed by atoms with Gasteiger partial charge in [0.2, 0.25) is 11.8 Å². The Bertz CT molecular complexity index is 586. The van der Waals surface area contributed by atoms with E-state index in [4.69, 9.17) is 5.11 Å². The standard InChI is InChI=1S/C20H39N5O6/c1-6-7-13(4)24-14(8-9-17(26)27)19(29)25-16(20(30)31)11-22-18(28)15(10-21-5)23-12(2)3/h12-16,21,23-24H,6-11H2,1-5H3,(H,22,28)(H,25,29)(H,26,27)(H,30,31)/t13?,14-,15-,16?/m0/s1. The van der Waals surface area contributed by atoms with E-state index in [1.54, 1.807) is 7.05 Å². The lowest BCUT2D eigenvalue weighted by Crippen LogP contribution is -2.57. The van der Waals surface area contributed by atoms with E-state index in [2.05, 4.69) is 26.6 Å². The van der Waals surface area contributed by atoms with Crippen LogP contribution < -0.4 is 26.6 Å². The second-order valence-electron chi connectivity index (χ2n) is 7.92. The first kappa shape index (κ1) is 28.8. The van der Waals surface area contributed by atoms with Crippen LogP contribution in [0.25, 0.3) is 0 Å². The van der Waals surface area contributed by atoms with Gasteiger partial charge in [0.05, 0.1) is 12.1 Å². The molecule has 4 atom stereocenters. The van der Waals surface area contributed by atoms with Crippen LogP contribution in [0.1, 0.15) is 53.4 Å². The molecule has 0 radical (unpaired) electrons. The fourth-order valence-corrected chi connectivity index (χ4v) is 3.05. The molecule has 2 amide bonds. The summed E-state index contributed by atoms with van der Waals surface area (Å²) < 4.78 is 0. The number of carboxylic acids is 2. The molecule has 0 aliphatic rings. The number of amides is 2. The molecule has 0 aromatic heterocycles. The molecular weight excluding hydrogens is 406 g/mol. The van der Waals surface area contributed by atoms with Gasteiger partial charge in [0.1, 0.15) is 6.04 Å². The summed E-state index contributed by atoms with van der Waals surface area (Å²) in [5.41, 5.74) is 0. The normalized spacial score (nSPS) is 15.0. The van der Waals surface area contributed by atoms with Crippen LogP contribution in [0.3, 0.4) is 0 Å². The van der Waals surface area contributed by atoms with Gasteiger partial charge in [-0.15, -0.1) is 0 Å². The Morgan fingerprint density at radius 1 is 0.839 bits per heavy atom. The number of rotatable bonds is 17. The number of likely N-dealkylation sites (N-methyl/N-ethyl adjacent to an activating group) is 1. The molecule has 0 rings (SSSR count). The van der Waals surface area contributed by atoms with Crippen molar-refractivity contribution < 1.29 is 29.4 Å². The molecule has 0 spiro atoms. The summed E-state index contributed by atoms with van der Waals surface area (Å²) in [5.74, 6) is -3.34. The van der Waals surface area contributed by atoms with Gasteiger partial charge in [-0.05, 0) is 26.8 Å². The first-order chi connectivity index (χ1) is 14.5. The van der Waals surface area contributed by atoms with E-state index in [0.717, 1.165) is 12.8 Å². The summed E-state index contributed by atoms with van der Waals surface area (Å²) in [6, 6.07) is -2.75. The van der Waals surface area contributed by atoms with Crippen molar-refractivity contribution >= 4 is 23.8 Å². The van der Waals surface area contributed by atoms with Crippen LogP contribution in [0.15, 0.2) is 0 Å². The molecule has 0 saturated carbocycles. The quantitative estimate of drug-likeness (QED) is 0.153. The number of hydrogen-bond donors (Lipinski definition) is 7. The number of aliphatic carboxylic acids is 2. The van der Waals surface area contributed by atoms with Gasteiger partial charge in [-0.25, -0.2) is 4.79 Å². The van der Waals surface area contributed by atoms with Gasteiger partial charge in [0.25, 0.3) is 0 Å². The molecular formula is C20H39N5O6. The summed E-state index contributed by atoms with van der Waals surface area (Å²) in [7, 11) is 1.70. The van der Waals surface area contributed by atoms with Crippen molar-refractivity contribution in [2.24, 2.45) is 0 Å². The second-order valence-corrected chi connectivity index (χ2v) is 7.92. The molecule has 11 heteroatoms. The fourth-order valence-electron chi connectivity index (χ4n) is 3.05. The smallest absolute Gasteiger partial charge is 0.328 e. The lowest BCUT2D eigenvalue weighted by Gasteiger charge is -2.25. The molecule has 31 heavy (non-hydrogen) atoms. The molecule has 11 nitrogen and oxygen atoms in total. The van der Waals surface area contributed by atoms with Crippen LogP contribution in [0.4, 0.5) is 0 Å². The maximum absolute atomic E-state index is 12.7. The maximum atomic E-state index is 12.7. The first-order valence-electron chi connectivity index (χ1n) is 10.7. The highest BCUT2D eigenvalue weighted by Gasteiger charge is 2.28. The summed E-state index contributed by atoms with van der Waals surface area (Å²) in [6.07, 6.45) is 1.45. The van der Waals surface area contributed by atoms with Crippen LogP contribution >= 0.6 is 0 Å². The van der Waals surface area contributed by atoms with Crippen LogP contribution in [-0.4, -0.2) is 84.3 Å². The number of nitrogens with one attached hydrogen (secondary N) is 5. The zero-order chi connectivity index (χ0) is 24.0. The van der Waals surface area contributed by atoms with Crippen LogP contribution in [0.5, 0.6) is 0 Å². The van der Waals surface area contributed by atoms with Crippen molar-refractivity contribution in [2.75, 3.05) is 20.1 Å². The van der Waals surface area contributed by atoms with Gasteiger partial charge >= 0.3 is 11.9 Å². The molecule has 0 aliphatic carbocycles. The SMILES string of the molecule is CCCC(C)N[C@@H](CCC(=O)O)C(=O)NC(CNC(=O)[C@H](CNC)NC(C)C)C(=O)O. The fraction of sp³-hybridized carbons (Fsp3) is 0.800. The van der Waals surface area contributed by atoms with E-state index in [9.17, 15) is 24.3 Å². The molecule has 0 aromatic carbocycles. The van der Waals surface area contributed by atoms with Crippen LogP contribution in [0, 0.1) is 0 Å². The predicted octanol–water partition coefficient (Wildman–Crippen LogP) is -0.730. The average molecular weight is 446 g/mol. The molecule has 0 fully saturated rings. The highest BCUT2D eigenvalue weighted by atomic mass is 16.4. The van der Waals surface area contributed by atoms with E-state index >= 15 is 0 Å². The van der Waals surface area contributed by atoms with Gasteiger partial charge in [-0.2, -0.15) is 0 Å². The van der Waals surface area contributed by atoms with Gasteiger partial charge in [0.15, 0.2) is 0 Å². The third kappa shape index (κ3) is 12.9. The summed E-state index contributed by atoms with van der Waals surface area (Å²) in [4.78, 5) is 47.6. The number of carbonyl (C=O) groups excluding carboxylic acids is 2. The molecule has 0 bridgehead atoms. The minimum atomic E-state index is -1.35. The molecule has 0 saturated heterocycles. The van der Waals surface area contributed by atoms with Gasteiger partial charge < -0.3 is 36.8 Å². The number of carbonyl (C=O) groups is 4. The molecule has 7 N–H and O–H groups in total. The monoisotopic (exact) mass is 445 g/mol. The largest absolute Gasteiger partial charge is 0.481 e. The van der Waals surface area contributed by atoms with Gasteiger partial charge in [-0.3, -0.25) is 14.4 Å². The Labute approximate surface area is 184 Å². The Hall–Kier alpha value is -2.24. The number of hydrogen-bond acceptors (Lipinski definition) is 7. The van der Waals surface area contributed by atoms with E-state index in [1.165, 1.54) is 0 Å². The molecule has 0 aromatic rings. The molecule has 2 unspecified atom stereocenters. The highest BCUT2D eigenvalue weighted by Crippen LogP contribution is 2.04. The highest BCUT2D eigenvalue weighted by molar-refractivity contribution is 5.88. The minimum absolute atomic E-state index is 0.0243. The van der Waals surface area contributed by atoms with Crippen molar-refractivity contribution in [2.45, 2.75) is 83.6 Å². The van der Waals surface area contributed by atoms with Gasteiger partial charge in [0, 0.05) is 31.6 Å². The third-order valence-corrected chi connectivity index (χ3v) is 4.53. The summed E-state index contributed by atoms with van der Waals surface area (Å²) >= 11 is 0. The molecule has 180 valence electrons. The Kier molecular flexibility index (Phi) is 14.4. The first-order valence-corrected chi connectivity index (χ1v) is 10.7. The summed E-state index contributed by atoms with van der Waals surface area (Å²) in [5, 5.41) is 32.4. The Morgan fingerprint density at radius 3 is 1.97 bits per heavy atom. The molecule has 0 aliphatic heterocycles. The molecule has 0 heterocycles. The van der Waals surface area contributed by atoms with Crippen molar-refractivity contribution in [1.82, 2.24) is 26.6 Å². The number of carboxylic acid groups (broad SMARTS) is 2. The zero-order valence-corrected chi connectivity index (χ0v) is 19.2. The van der Waals surface area contributed by atoms with E-state index in [1.807, 2.05) is 27.7 Å². The minimum Gasteiger partial charge on any atom is -0.481 e. The van der Waals surface area contributed by atoms with E-state index in [-0.39, 0.29) is 37.4 Å². The van der Waals surface area contributed by atoms with Crippen molar-refractivity contribution in [3.8, 4) is 0 Å². The Balaban J connectivity index is 5.08. The predicted molar refractivity (Wildman–Crippen MR) is 117 cm³/mol. The summed E-state index contributed by atoms with van der Waals surface area (Å²) in [6.45, 7) is 7.70. The lowest BCUT2D eigenvalue weighted by atomic mass is 10.1. The second kappa shape index (κ2) is 15.5. The van der Waals surface area contributed by atoms with Crippen molar-refractivity contribution in [3.05, 3.63) is 0 Å². The van der Waals surface area contributed by atoms with Crippen molar-refractivity contribution in [3.63, 3.8) is 0 Å². The zero-order valence-electron chi connectivity index (χ0n) is 19.2. The Morgan fingerprint density at radius 2 is 1.48 bits per heavy atom. The van der Waals surface area contributed by atoms with E-state index in [0.29, 0.717) is 6.54 Å². The van der Waals surface area contributed by atoms with Gasteiger partial charge in [-0.1, -0.05) is 27.2 Å². The lowest BCUT2D eigenvalue weighted by molar-refractivity contribution is -0.142.